The lowest BCUT2D eigenvalue weighted by Crippen LogP contribution is -2.54. The Morgan fingerprint density at radius 1 is 1.01 bits per heavy atom. The minimum atomic E-state index is -1.16. The number of fused-ring (bicyclic) bond motifs is 6. The number of carbonyl (C=O) groups is 6. The molecule has 0 spiro atoms. The highest BCUT2D eigenvalue weighted by molar-refractivity contribution is 6.26. The fourth-order valence-corrected chi connectivity index (χ4v) is 11.6. The van der Waals surface area contributed by atoms with Gasteiger partial charge in [-0.25, -0.2) is 13.6 Å². The van der Waals surface area contributed by atoms with Crippen molar-refractivity contribution in [1.29, 1.82) is 0 Å². The van der Waals surface area contributed by atoms with Crippen molar-refractivity contribution < 1.29 is 56.9 Å². The third-order valence-corrected chi connectivity index (χ3v) is 14.9. The van der Waals surface area contributed by atoms with E-state index in [1.807, 2.05) is 0 Å². The fraction of sp³-hybridized carbons (Fsp3) is 0.377. The number of piperidine rings is 1. The summed E-state index contributed by atoms with van der Waals surface area (Å²) >= 11 is 0. The number of phenolic OH excluding ortho intramolecular Hbond substituents is 1. The summed E-state index contributed by atoms with van der Waals surface area (Å²) in [6.45, 7) is 5.67. The van der Waals surface area contributed by atoms with Crippen LogP contribution < -0.4 is 30.9 Å². The molecular formula is C53H50F2N10O10. The van der Waals surface area contributed by atoms with Crippen LogP contribution in [-0.4, -0.2) is 148 Å². The molecule has 5 atom stereocenters. The number of ether oxygens (including phenoxy) is 3. The minimum absolute atomic E-state index is 0.000225. The summed E-state index contributed by atoms with van der Waals surface area (Å²) in [4.78, 5) is 95.6. The SMILES string of the molecule is C#Cc1c(F)ccc2cc(O)cc(-c3ncc4c(N5CC6CCC(C5)N6)nc(OC[C@@]56CC[C@@H](COC(=O)NCCOCC(=O)Nc7cccc8c7C(=O)N(C7CCC(=O)NC7=O)C8=O)N5CC(=C)C6)nc4c3F)c12. The topological polar surface area (TPSA) is 247 Å². The normalized spacial score (nSPS) is 23.1. The van der Waals surface area contributed by atoms with Crippen molar-refractivity contribution >= 4 is 68.8 Å². The van der Waals surface area contributed by atoms with Crippen LogP contribution in [0.2, 0.25) is 0 Å². The van der Waals surface area contributed by atoms with Gasteiger partial charge in [0, 0.05) is 67.9 Å². The first-order chi connectivity index (χ1) is 36.2. The predicted octanol–water partition coefficient (Wildman–Crippen LogP) is 4.08. The standard InChI is InChI=1S/C53H50F2N10O10/c1-3-33-37(54)10-7-28-17-32(66)18-35(42(28)33)45-44(55)46-36(20-57-45)47(63-22-29-8-9-30(23-63)58-29)62-51(61-46)75-26-53-14-13-31(64(53)21-27(2)19-53)24-74-52(72)56-15-16-73-25-41(68)59-38-6-4-5-34-43(38)50(71)65(49(34)70)39-11-12-40(67)60-48(39)69/h1,4-7,10,17-18,20,29-31,39,58,66H,2,8-9,11-16,19,21-26H2,(H,56,72)(H,59,68)(H,60,67,69)/t29?,30?,31-,39?,53-/m0/s1. The van der Waals surface area contributed by atoms with Crippen molar-refractivity contribution in [2.45, 2.75) is 74.7 Å². The van der Waals surface area contributed by atoms with Crippen molar-refractivity contribution in [2.24, 2.45) is 0 Å². The second-order valence-electron chi connectivity index (χ2n) is 19.8. The van der Waals surface area contributed by atoms with Gasteiger partial charge in [-0.2, -0.15) is 9.97 Å². The summed E-state index contributed by atoms with van der Waals surface area (Å²) in [5.41, 5.74) is 0.121. The van der Waals surface area contributed by atoms with Crippen LogP contribution in [0, 0.1) is 24.0 Å². The van der Waals surface area contributed by atoms with E-state index in [9.17, 15) is 33.9 Å². The number of terminal acetylenes is 1. The molecule has 5 fully saturated rings. The number of nitrogens with one attached hydrogen (secondary N) is 4. The van der Waals surface area contributed by atoms with Crippen molar-refractivity contribution in [2.75, 3.05) is 62.8 Å². The molecule has 6 amide bonds. The zero-order chi connectivity index (χ0) is 52.3. The molecule has 6 aliphatic heterocycles. The number of rotatable bonds is 14. The molecule has 0 saturated carbocycles. The molecule has 5 N–H and O–H groups in total. The summed E-state index contributed by atoms with van der Waals surface area (Å²) in [5, 5.41) is 22.6. The first-order valence-corrected chi connectivity index (χ1v) is 24.7. The number of benzene rings is 3. The quantitative estimate of drug-likeness (QED) is 0.0455. The summed E-state index contributed by atoms with van der Waals surface area (Å²) in [6, 6.07) is 8.73. The van der Waals surface area contributed by atoms with Gasteiger partial charge in [0.2, 0.25) is 17.7 Å². The van der Waals surface area contributed by atoms with Gasteiger partial charge < -0.3 is 40.2 Å². The van der Waals surface area contributed by atoms with Crippen LogP contribution in [0.4, 0.5) is 25.1 Å². The van der Waals surface area contributed by atoms with Crippen molar-refractivity contribution in [1.82, 2.24) is 40.7 Å². The van der Waals surface area contributed by atoms with E-state index in [4.69, 9.17) is 25.6 Å². The van der Waals surface area contributed by atoms with E-state index in [1.54, 1.807) is 0 Å². The number of amides is 6. The van der Waals surface area contributed by atoms with E-state index in [0.29, 0.717) is 55.5 Å². The molecular weight excluding hydrogens is 975 g/mol. The third-order valence-electron chi connectivity index (χ3n) is 14.9. The number of hydrogen-bond acceptors (Lipinski definition) is 16. The van der Waals surface area contributed by atoms with E-state index in [-0.39, 0.29) is 114 Å². The Balaban J connectivity index is 0.720. The molecule has 11 rings (SSSR count). The Morgan fingerprint density at radius 3 is 2.61 bits per heavy atom. The summed E-state index contributed by atoms with van der Waals surface area (Å²) in [7, 11) is 0. The molecule has 75 heavy (non-hydrogen) atoms. The van der Waals surface area contributed by atoms with Crippen molar-refractivity contribution in [3.63, 3.8) is 0 Å². The second kappa shape index (κ2) is 19.6. The monoisotopic (exact) mass is 1020 g/mol. The van der Waals surface area contributed by atoms with Gasteiger partial charge in [0.05, 0.1) is 39.9 Å². The molecule has 3 unspecified atom stereocenters. The average Bonchev–Trinajstić information content (AvgIpc) is 4.12. The lowest BCUT2D eigenvalue weighted by molar-refractivity contribution is -0.136. The Kier molecular flexibility index (Phi) is 12.8. The highest BCUT2D eigenvalue weighted by Crippen LogP contribution is 2.45. The van der Waals surface area contributed by atoms with Crippen LogP contribution in [-0.2, 0) is 23.9 Å². The lowest BCUT2D eigenvalue weighted by atomic mass is 9.94. The first kappa shape index (κ1) is 49.1. The van der Waals surface area contributed by atoms with E-state index in [0.717, 1.165) is 23.3 Å². The second-order valence-corrected chi connectivity index (χ2v) is 19.8. The molecule has 6 aliphatic rings. The molecule has 3 aromatic carbocycles. The van der Waals surface area contributed by atoms with Gasteiger partial charge in [-0.15, -0.1) is 6.42 Å². The predicted molar refractivity (Wildman–Crippen MR) is 266 cm³/mol. The fourth-order valence-electron chi connectivity index (χ4n) is 11.6. The smallest absolute Gasteiger partial charge is 0.407 e. The zero-order valence-corrected chi connectivity index (χ0v) is 40.4. The molecule has 0 radical (unpaired) electrons. The number of aromatic hydroxyl groups is 1. The maximum atomic E-state index is 17.2. The van der Waals surface area contributed by atoms with Gasteiger partial charge in [-0.1, -0.05) is 30.2 Å². The number of halogens is 2. The third kappa shape index (κ3) is 9.10. The van der Waals surface area contributed by atoms with Gasteiger partial charge in [-0.3, -0.25) is 44.1 Å². The number of aromatic nitrogens is 3. The number of phenols is 1. The number of alkyl carbamates (subject to hydrolysis) is 1. The molecule has 5 aromatic rings. The number of pyridine rings is 1. The maximum Gasteiger partial charge on any atom is 0.407 e. The number of anilines is 2. The Hall–Kier alpha value is -8.13. The van der Waals surface area contributed by atoms with Gasteiger partial charge in [0.25, 0.3) is 11.8 Å². The number of piperazine rings is 1. The van der Waals surface area contributed by atoms with Crippen LogP contribution in [0.25, 0.3) is 32.9 Å². The van der Waals surface area contributed by atoms with Crippen LogP contribution in [0.5, 0.6) is 11.8 Å². The summed E-state index contributed by atoms with van der Waals surface area (Å²) in [5.74, 6) is -2.23. The first-order valence-electron chi connectivity index (χ1n) is 24.7. The van der Waals surface area contributed by atoms with Crippen LogP contribution in [0.1, 0.15) is 71.2 Å². The molecule has 5 saturated heterocycles. The van der Waals surface area contributed by atoms with Crippen molar-refractivity contribution in [3.05, 3.63) is 89.1 Å². The Labute approximate surface area is 427 Å². The number of nitrogens with zero attached hydrogens (tertiary/aromatic N) is 6. The highest BCUT2D eigenvalue weighted by Gasteiger charge is 2.52. The van der Waals surface area contributed by atoms with Gasteiger partial charge in [-0.05, 0) is 74.2 Å². The molecule has 20 nitrogen and oxygen atoms in total. The summed E-state index contributed by atoms with van der Waals surface area (Å²) in [6.07, 6.45) is 10.4. The highest BCUT2D eigenvalue weighted by atomic mass is 19.1. The zero-order valence-electron chi connectivity index (χ0n) is 40.4. The Morgan fingerprint density at radius 2 is 1.83 bits per heavy atom. The maximum absolute atomic E-state index is 17.2. The molecule has 0 aliphatic carbocycles. The molecule has 2 bridgehead atoms. The Bertz CT molecular complexity index is 3320. The van der Waals surface area contributed by atoms with E-state index < -0.39 is 65.5 Å². The van der Waals surface area contributed by atoms with Gasteiger partial charge in [0.1, 0.15) is 54.5 Å². The van der Waals surface area contributed by atoms with Crippen molar-refractivity contribution in [3.8, 4) is 35.4 Å². The van der Waals surface area contributed by atoms with Crippen LogP contribution >= 0.6 is 0 Å². The van der Waals surface area contributed by atoms with Gasteiger partial charge in [0.15, 0.2) is 5.82 Å². The van der Waals surface area contributed by atoms with E-state index in [1.165, 1.54) is 48.7 Å². The van der Waals surface area contributed by atoms with E-state index >= 15 is 8.78 Å². The summed E-state index contributed by atoms with van der Waals surface area (Å²) < 4.78 is 49.9. The number of carbonyl (C=O) groups excluding carboxylic acids is 6. The van der Waals surface area contributed by atoms with Gasteiger partial charge >= 0.3 is 12.1 Å². The number of hydrogen-bond donors (Lipinski definition) is 5. The molecule has 22 heteroatoms. The average molecular weight is 1030 g/mol. The van der Waals surface area contributed by atoms with E-state index in [2.05, 4.69) is 53.5 Å². The van der Waals surface area contributed by atoms with Crippen LogP contribution in [0.15, 0.2) is 60.8 Å². The molecule has 8 heterocycles. The largest absolute Gasteiger partial charge is 0.508 e. The lowest BCUT2D eigenvalue weighted by Gasteiger charge is -2.35. The number of imide groups is 2. The molecule has 386 valence electrons. The molecule has 2 aromatic heterocycles. The van der Waals surface area contributed by atoms with Crippen LogP contribution in [0.3, 0.4) is 0 Å². The minimum Gasteiger partial charge on any atom is -0.508 e.